The fourth-order valence-electron chi connectivity index (χ4n) is 2.39. The van der Waals surface area contributed by atoms with Gasteiger partial charge in [0.1, 0.15) is 0 Å². The minimum absolute atomic E-state index is 0.0462. The van der Waals surface area contributed by atoms with Crippen LogP contribution in [0.5, 0.6) is 0 Å². The topological polar surface area (TPSA) is 32.3 Å². The Morgan fingerprint density at radius 1 is 1.14 bits per heavy atom. The zero-order valence-electron chi connectivity index (χ0n) is 8.18. The molecule has 2 N–H and O–H groups in total. The lowest BCUT2D eigenvalue weighted by molar-refractivity contribution is -0.0988. The molecule has 0 heterocycles. The summed E-state index contributed by atoms with van der Waals surface area (Å²) < 4.78 is 25.1. The Morgan fingerprint density at radius 2 is 1.79 bits per heavy atom. The van der Waals surface area contributed by atoms with E-state index in [4.69, 9.17) is 0 Å². The molecule has 4 heteroatoms. The van der Waals surface area contributed by atoms with Crippen LogP contribution in [0.25, 0.3) is 0 Å². The average molecular weight is 205 g/mol. The quantitative estimate of drug-likeness (QED) is 0.718. The summed E-state index contributed by atoms with van der Waals surface area (Å²) in [5.41, 5.74) is 0. The minimum Gasteiger partial charge on any atom is -0.392 e. The smallest absolute Gasteiger partial charge is 0.251 e. The van der Waals surface area contributed by atoms with Crippen LogP contribution >= 0.6 is 0 Å². The molecular weight excluding hydrogens is 188 g/mol. The van der Waals surface area contributed by atoms with E-state index < -0.39 is 5.92 Å². The van der Waals surface area contributed by atoms with Crippen molar-refractivity contribution < 1.29 is 13.9 Å². The van der Waals surface area contributed by atoms with Gasteiger partial charge >= 0.3 is 0 Å². The van der Waals surface area contributed by atoms with Crippen molar-refractivity contribution in [2.24, 2.45) is 0 Å². The summed E-state index contributed by atoms with van der Waals surface area (Å²) >= 11 is 0. The molecule has 0 aromatic rings. The molecule has 2 aliphatic carbocycles. The van der Waals surface area contributed by atoms with Gasteiger partial charge in [0.2, 0.25) is 0 Å². The average Bonchev–Trinajstić information content (AvgIpc) is 2.05. The molecular formula is C10H17F2NO. The first-order valence-electron chi connectivity index (χ1n) is 5.39. The third-order valence-corrected chi connectivity index (χ3v) is 3.27. The summed E-state index contributed by atoms with van der Waals surface area (Å²) in [7, 11) is 0. The predicted octanol–water partition coefficient (Wildman–Crippen LogP) is 1.68. The molecule has 2 nitrogen and oxygen atoms in total. The second-order valence-corrected chi connectivity index (χ2v) is 4.59. The summed E-state index contributed by atoms with van der Waals surface area (Å²) in [4.78, 5) is 0. The first-order valence-corrected chi connectivity index (χ1v) is 5.39. The van der Waals surface area contributed by atoms with Crippen LogP contribution in [0.4, 0.5) is 8.78 Å². The summed E-state index contributed by atoms with van der Waals surface area (Å²) in [6.45, 7) is 0. The molecule has 0 amide bonds. The van der Waals surface area contributed by atoms with E-state index in [0.717, 1.165) is 25.7 Å². The van der Waals surface area contributed by atoms with E-state index in [9.17, 15) is 13.9 Å². The van der Waals surface area contributed by atoms with Gasteiger partial charge in [0.15, 0.2) is 0 Å². The van der Waals surface area contributed by atoms with Crippen molar-refractivity contribution in [3.05, 3.63) is 0 Å². The molecule has 2 atom stereocenters. The normalized spacial score (nSPS) is 37.9. The van der Waals surface area contributed by atoms with E-state index in [-0.39, 0.29) is 31.0 Å². The van der Waals surface area contributed by atoms with Gasteiger partial charge in [0, 0.05) is 24.9 Å². The third-order valence-electron chi connectivity index (χ3n) is 3.27. The lowest BCUT2D eigenvalue weighted by Crippen LogP contribution is -2.55. The fraction of sp³-hybridized carbons (Fsp3) is 1.00. The first-order chi connectivity index (χ1) is 6.57. The van der Waals surface area contributed by atoms with Gasteiger partial charge in [-0.3, -0.25) is 0 Å². The van der Waals surface area contributed by atoms with Crippen molar-refractivity contribution in [3.63, 3.8) is 0 Å². The van der Waals surface area contributed by atoms with Crippen LogP contribution in [-0.4, -0.2) is 29.2 Å². The highest BCUT2D eigenvalue weighted by atomic mass is 19.3. The molecule has 82 valence electrons. The van der Waals surface area contributed by atoms with E-state index >= 15 is 0 Å². The summed E-state index contributed by atoms with van der Waals surface area (Å²) in [5.74, 6) is -2.46. The van der Waals surface area contributed by atoms with Crippen molar-refractivity contribution in [2.45, 2.75) is 62.6 Å². The van der Waals surface area contributed by atoms with Crippen LogP contribution in [-0.2, 0) is 0 Å². The van der Waals surface area contributed by atoms with Crippen LogP contribution in [0.2, 0.25) is 0 Å². The number of halogens is 2. The van der Waals surface area contributed by atoms with Gasteiger partial charge in [-0.15, -0.1) is 0 Å². The Labute approximate surface area is 82.7 Å². The molecule has 0 aromatic carbocycles. The molecule has 2 rings (SSSR count). The molecule has 0 saturated heterocycles. The van der Waals surface area contributed by atoms with E-state index in [0.29, 0.717) is 0 Å². The number of hydrogen-bond donors (Lipinski definition) is 2. The van der Waals surface area contributed by atoms with Crippen LogP contribution < -0.4 is 5.32 Å². The Kier molecular flexibility index (Phi) is 2.75. The van der Waals surface area contributed by atoms with E-state index in [1.54, 1.807) is 0 Å². The van der Waals surface area contributed by atoms with Gasteiger partial charge in [0.05, 0.1) is 6.10 Å². The second-order valence-electron chi connectivity index (χ2n) is 4.59. The second kappa shape index (κ2) is 3.74. The molecule has 2 fully saturated rings. The van der Waals surface area contributed by atoms with Crippen molar-refractivity contribution >= 4 is 0 Å². The molecule has 0 spiro atoms. The monoisotopic (exact) mass is 205 g/mol. The van der Waals surface area contributed by atoms with Gasteiger partial charge in [0.25, 0.3) is 5.92 Å². The number of aliphatic hydroxyl groups excluding tert-OH is 1. The highest BCUT2D eigenvalue weighted by Gasteiger charge is 2.46. The molecule has 14 heavy (non-hydrogen) atoms. The fourth-order valence-corrected chi connectivity index (χ4v) is 2.39. The summed E-state index contributed by atoms with van der Waals surface area (Å²) in [6.07, 6.45) is 3.42. The number of alkyl halides is 2. The van der Waals surface area contributed by atoms with E-state index in [1.807, 2.05) is 0 Å². The van der Waals surface area contributed by atoms with Crippen molar-refractivity contribution in [2.75, 3.05) is 0 Å². The number of nitrogens with one attached hydrogen (secondary N) is 1. The van der Waals surface area contributed by atoms with Crippen molar-refractivity contribution in [1.29, 1.82) is 0 Å². The summed E-state index contributed by atoms with van der Waals surface area (Å²) in [5, 5.41) is 12.7. The number of rotatable bonds is 2. The van der Waals surface area contributed by atoms with Gasteiger partial charge in [-0.1, -0.05) is 12.8 Å². The van der Waals surface area contributed by atoms with Gasteiger partial charge in [-0.2, -0.15) is 0 Å². The zero-order valence-corrected chi connectivity index (χ0v) is 8.18. The third kappa shape index (κ3) is 2.23. The van der Waals surface area contributed by atoms with Crippen molar-refractivity contribution in [3.8, 4) is 0 Å². The lowest BCUT2D eigenvalue weighted by Gasteiger charge is -2.40. The maximum Gasteiger partial charge on any atom is 0.251 e. The Morgan fingerprint density at radius 3 is 2.36 bits per heavy atom. The van der Waals surface area contributed by atoms with Crippen LogP contribution in [0.1, 0.15) is 38.5 Å². The first kappa shape index (κ1) is 10.3. The molecule has 2 saturated carbocycles. The zero-order chi connectivity index (χ0) is 10.2. The van der Waals surface area contributed by atoms with Crippen LogP contribution in [0, 0.1) is 0 Å². The van der Waals surface area contributed by atoms with Crippen LogP contribution in [0.3, 0.4) is 0 Å². The van der Waals surface area contributed by atoms with Gasteiger partial charge in [-0.05, 0) is 12.8 Å². The Hall–Kier alpha value is -0.220. The molecule has 0 radical (unpaired) electrons. The van der Waals surface area contributed by atoms with Crippen LogP contribution in [0.15, 0.2) is 0 Å². The number of aliphatic hydroxyl groups is 1. The summed E-state index contributed by atoms with van der Waals surface area (Å²) in [6, 6.07) is -0.0346. The maximum absolute atomic E-state index is 12.5. The highest BCUT2D eigenvalue weighted by Crippen LogP contribution is 2.38. The molecule has 0 bridgehead atoms. The highest BCUT2D eigenvalue weighted by molar-refractivity contribution is 4.94. The van der Waals surface area contributed by atoms with Crippen molar-refractivity contribution in [1.82, 2.24) is 5.32 Å². The number of hydrogen-bond acceptors (Lipinski definition) is 2. The Balaban J connectivity index is 1.75. The molecule has 0 aromatic heterocycles. The largest absolute Gasteiger partial charge is 0.392 e. The lowest BCUT2D eigenvalue weighted by atomic mass is 9.85. The van der Waals surface area contributed by atoms with Gasteiger partial charge in [-0.25, -0.2) is 8.78 Å². The standard InChI is InChI=1S/C10H17F2NO/c11-10(12)5-7(6-10)13-8-3-1-2-4-9(8)14/h7-9,13-14H,1-6H2/t8-,9-/m1/s1. The molecule has 0 unspecified atom stereocenters. The van der Waals surface area contributed by atoms with E-state index in [1.165, 1.54) is 0 Å². The molecule has 2 aliphatic rings. The maximum atomic E-state index is 12.5. The SMILES string of the molecule is O[C@@H]1CCCC[C@H]1NC1CC(F)(F)C1. The van der Waals surface area contributed by atoms with E-state index in [2.05, 4.69) is 5.32 Å². The van der Waals surface area contributed by atoms with Gasteiger partial charge < -0.3 is 10.4 Å². The predicted molar refractivity (Wildman–Crippen MR) is 49.4 cm³/mol. The Bertz CT molecular complexity index is 202. The minimum atomic E-state index is -2.46. The molecule has 0 aliphatic heterocycles.